The van der Waals surface area contributed by atoms with E-state index in [1.165, 1.54) is 14.2 Å². The average molecular weight is 215 g/mol. The molecule has 0 saturated heterocycles. The Hall–Kier alpha value is -1.22. The van der Waals surface area contributed by atoms with E-state index in [2.05, 4.69) is 4.74 Å². The molecule has 0 aromatic heterocycles. The molecule has 0 N–H and O–H groups in total. The van der Waals surface area contributed by atoms with Crippen molar-refractivity contribution in [2.24, 2.45) is 0 Å². The average Bonchev–Trinajstić information content (AvgIpc) is 2.26. The van der Waals surface area contributed by atoms with Crippen molar-refractivity contribution >= 4 is 17.6 Å². The number of esters is 1. The molecule has 0 heterocycles. The van der Waals surface area contributed by atoms with E-state index >= 15 is 0 Å². The topological polar surface area (TPSA) is 35.5 Å². The Balaban J connectivity index is 2.99. The minimum absolute atomic E-state index is 0.490. The molecule has 0 saturated carbocycles. The summed E-state index contributed by atoms with van der Waals surface area (Å²) in [6.45, 7) is 0. The molecule has 14 heavy (non-hydrogen) atoms. The maximum absolute atomic E-state index is 11.2. The van der Waals surface area contributed by atoms with E-state index in [1.807, 2.05) is 6.07 Å². The van der Waals surface area contributed by atoms with Crippen molar-refractivity contribution in [3.05, 3.63) is 29.8 Å². The van der Waals surface area contributed by atoms with Crippen LogP contribution in [-0.2, 0) is 9.53 Å². The molecule has 0 radical (unpaired) electrons. The number of methoxy groups -OCH3 is 2. The second-order valence-electron chi connectivity index (χ2n) is 2.63. The molecular weight excluding hydrogens is 204 g/mol. The molecule has 0 aliphatic heterocycles. The summed E-state index contributed by atoms with van der Waals surface area (Å²) in [5, 5.41) is -0.823. The summed E-state index contributed by atoms with van der Waals surface area (Å²) in [7, 11) is 2.83. The first-order valence-electron chi connectivity index (χ1n) is 4.05. The van der Waals surface area contributed by atoms with Crippen molar-refractivity contribution in [3.63, 3.8) is 0 Å². The fourth-order valence-electron chi connectivity index (χ4n) is 1.11. The lowest BCUT2D eigenvalue weighted by molar-refractivity contribution is -0.140. The van der Waals surface area contributed by atoms with E-state index in [0.717, 1.165) is 0 Å². The first kappa shape index (κ1) is 10.9. The number of ether oxygens (including phenoxy) is 2. The molecular formula is C10H11ClO3. The SMILES string of the molecule is COC(=O)[C@H](Cl)c1ccccc1OC. The Labute approximate surface area is 87.6 Å². The maximum atomic E-state index is 11.2. The van der Waals surface area contributed by atoms with Crippen molar-refractivity contribution in [2.45, 2.75) is 5.38 Å². The molecule has 0 fully saturated rings. The molecule has 0 aliphatic carbocycles. The van der Waals surface area contributed by atoms with Crippen LogP contribution >= 0.6 is 11.6 Å². The number of hydrogen-bond donors (Lipinski definition) is 0. The van der Waals surface area contributed by atoms with Gasteiger partial charge >= 0.3 is 5.97 Å². The quantitative estimate of drug-likeness (QED) is 0.571. The molecule has 1 atom stereocenters. The van der Waals surface area contributed by atoms with Crippen LogP contribution in [0.4, 0.5) is 0 Å². The third-order valence-electron chi connectivity index (χ3n) is 1.82. The van der Waals surface area contributed by atoms with Gasteiger partial charge in [0, 0.05) is 5.56 Å². The Morgan fingerprint density at radius 1 is 1.36 bits per heavy atom. The summed E-state index contributed by atoms with van der Waals surface area (Å²) in [6, 6.07) is 7.07. The summed E-state index contributed by atoms with van der Waals surface area (Å²) in [4.78, 5) is 11.2. The van der Waals surface area contributed by atoms with Gasteiger partial charge in [0.15, 0.2) is 5.38 Å². The van der Waals surface area contributed by atoms with Crippen LogP contribution in [0, 0.1) is 0 Å². The fraction of sp³-hybridized carbons (Fsp3) is 0.300. The Morgan fingerprint density at radius 2 is 2.00 bits per heavy atom. The minimum Gasteiger partial charge on any atom is -0.496 e. The highest BCUT2D eigenvalue weighted by molar-refractivity contribution is 6.30. The standard InChI is InChI=1S/C10H11ClO3/c1-13-8-6-4-3-5-7(8)9(11)10(12)14-2/h3-6,9H,1-2H3/t9-/m1/s1. The van der Waals surface area contributed by atoms with Crippen molar-refractivity contribution in [2.75, 3.05) is 14.2 Å². The zero-order chi connectivity index (χ0) is 10.6. The monoisotopic (exact) mass is 214 g/mol. The molecule has 1 aromatic carbocycles. The van der Waals surface area contributed by atoms with E-state index in [1.54, 1.807) is 18.2 Å². The van der Waals surface area contributed by atoms with Crippen LogP contribution in [-0.4, -0.2) is 20.2 Å². The lowest BCUT2D eigenvalue weighted by atomic mass is 10.1. The molecule has 3 nitrogen and oxygen atoms in total. The van der Waals surface area contributed by atoms with Gasteiger partial charge in [-0.25, -0.2) is 0 Å². The van der Waals surface area contributed by atoms with Crippen LogP contribution in [0.5, 0.6) is 5.75 Å². The molecule has 0 aliphatic rings. The van der Waals surface area contributed by atoms with E-state index in [4.69, 9.17) is 16.3 Å². The van der Waals surface area contributed by atoms with E-state index in [0.29, 0.717) is 11.3 Å². The van der Waals surface area contributed by atoms with Gasteiger partial charge < -0.3 is 9.47 Å². The fourth-order valence-corrected chi connectivity index (χ4v) is 1.38. The lowest BCUT2D eigenvalue weighted by Crippen LogP contribution is -2.09. The maximum Gasteiger partial charge on any atom is 0.328 e. The van der Waals surface area contributed by atoms with E-state index in [9.17, 15) is 4.79 Å². The molecule has 76 valence electrons. The van der Waals surface area contributed by atoms with Crippen molar-refractivity contribution < 1.29 is 14.3 Å². The summed E-state index contributed by atoms with van der Waals surface area (Å²) in [5.41, 5.74) is 0.614. The Morgan fingerprint density at radius 3 is 2.57 bits per heavy atom. The molecule has 4 heteroatoms. The Bertz CT molecular complexity index is 325. The summed E-state index contributed by atoms with van der Waals surface area (Å²) < 4.78 is 9.61. The first-order valence-corrected chi connectivity index (χ1v) is 4.49. The third-order valence-corrected chi connectivity index (χ3v) is 2.23. The van der Waals surface area contributed by atoms with Crippen LogP contribution < -0.4 is 4.74 Å². The van der Waals surface area contributed by atoms with E-state index in [-0.39, 0.29) is 0 Å². The summed E-state index contributed by atoms with van der Waals surface area (Å²) in [6.07, 6.45) is 0. The van der Waals surface area contributed by atoms with E-state index < -0.39 is 11.3 Å². The van der Waals surface area contributed by atoms with Crippen molar-refractivity contribution in [3.8, 4) is 5.75 Å². The smallest absolute Gasteiger partial charge is 0.328 e. The summed E-state index contributed by atoms with van der Waals surface area (Å²) >= 11 is 5.89. The van der Waals surface area contributed by atoms with Crippen molar-refractivity contribution in [1.82, 2.24) is 0 Å². The van der Waals surface area contributed by atoms with Crippen LogP contribution in [0.3, 0.4) is 0 Å². The summed E-state index contributed by atoms with van der Waals surface area (Å²) in [5.74, 6) is 0.0917. The highest BCUT2D eigenvalue weighted by Gasteiger charge is 2.21. The second kappa shape index (κ2) is 4.86. The normalized spacial score (nSPS) is 11.9. The molecule has 0 amide bonds. The highest BCUT2D eigenvalue weighted by atomic mass is 35.5. The molecule has 0 unspecified atom stereocenters. The number of rotatable bonds is 3. The van der Waals surface area contributed by atoms with Gasteiger partial charge in [0.25, 0.3) is 0 Å². The Kier molecular flexibility index (Phi) is 3.77. The van der Waals surface area contributed by atoms with Gasteiger partial charge in [-0.1, -0.05) is 18.2 Å². The van der Waals surface area contributed by atoms with Crippen LogP contribution in [0.15, 0.2) is 24.3 Å². The number of para-hydroxylation sites is 1. The van der Waals surface area contributed by atoms with Gasteiger partial charge in [0.05, 0.1) is 14.2 Å². The van der Waals surface area contributed by atoms with Gasteiger partial charge in [-0.15, -0.1) is 11.6 Å². The van der Waals surface area contributed by atoms with Crippen LogP contribution in [0.1, 0.15) is 10.9 Å². The molecule has 1 rings (SSSR count). The molecule has 1 aromatic rings. The van der Waals surface area contributed by atoms with Crippen molar-refractivity contribution in [1.29, 1.82) is 0 Å². The molecule has 0 bridgehead atoms. The van der Waals surface area contributed by atoms with Gasteiger partial charge in [-0.2, -0.15) is 0 Å². The van der Waals surface area contributed by atoms with Crippen LogP contribution in [0.2, 0.25) is 0 Å². The van der Waals surface area contributed by atoms with Crippen LogP contribution in [0.25, 0.3) is 0 Å². The third kappa shape index (κ3) is 2.17. The number of carbonyl (C=O) groups excluding carboxylic acids is 1. The predicted molar refractivity (Wildman–Crippen MR) is 53.6 cm³/mol. The molecule has 0 spiro atoms. The lowest BCUT2D eigenvalue weighted by Gasteiger charge is -2.11. The van der Waals surface area contributed by atoms with Gasteiger partial charge in [0.2, 0.25) is 0 Å². The van der Waals surface area contributed by atoms with Gasteiger partial charge in [0.1, 0.15) is 5.75 Å². The number of hydrogen-bond acceptors (Lipinski definition) is 3. The number of benzene rings is 1. The first-order chi connectivity index (χ1) is 6.70. The number of carbonyl (C=O) groups is 1. The predicted octanol–water partition coefficient (Wildman–Crippen LogP) is 2.15. The highest BCUT2D eigenvalue weighted by Crippen LogP contribution is 2.29. The second-order valence-corrected chi connectivity index (χ2v) is 3.06. The largest absolute Gasteiger partial charge is 0.496 e. The number of alkyl halides is 1. The van der Waals surface area contributed by atoms with Gasteiger partial charge in [-0.3, -0.25) is 4.79 Å². The minimum atomic E-state index is -0.823. The number of halogens is 1. The van der Waals surface area contributed by atoms with Gasteiger partial charge in [-0.05, 0) is 6.07 Å². The zero-order valence-corrected chi connectivity index (χ0v) is 8.75. The zero-order valence-electron chi connectivity index (χ0n) is 7.99.